The van der Waals surface area contributed by atoms with E-state index >= 15 is 0 Å². The molecule has 2 rings (SSSR count). The predicted molar refractivity (Wildman–Crippen MR) is 69.8 cm³/mol. The Morgan fingerprint density at radius 2 is 2.21 bits per heavy atom. The second kappa shape index (κ2) is 5.49. The van der Waals surface area contributed by atoms with Crippen molar-refractivity contribution in [3.05, 3.63) is 45.7 Å². The second-order valence-electron chi connectivity index (χ2n) is 3.46. The van der Waals surface area contributed by atoms with E-state index in [0.717, 1.165) is 0 Å². The van der Waals surface area contributed by atoms with Gasteiger partial charge in [0.2, 0.25) is 5.88 Å². The third-order valence-corrected chi connectivity index (χ3v) is 2.51. The highest BCUT2D eigenvalue weighted by atomic mass is 35.5. The molecular weight excluding hydrogens is 272 g/mol. The number of nitrogens with one attached hydrogen (secondary N) is 1. The molecule has 0 spiro atoms. The minimum atomic E-state index is -0.562. The molecule has 0 saturated heterocycles. The number of rotatable bonds is 4. The van der Waals surface area contributed by atoms with Crippen LogP contribution in [0.5, 0.6) is 11.6 Å². The van der Waals surface area contributed by atoms with Gasteiger partial charge in [-0.15, -0.1) is 0 Å². The van der Waals surface area contributed by atoms with Crippen LogP contribution >= 0.6 is 11.6 Å². The summed E-state index contributed by atoms with van der Waals surface area (Å²) in [6, 6.07) is 4.07. The molecule has 19 heavy (non-hydrogen) atoms. The number of ether oxygens (including phenoxy) is 1. The van der Waals surface area contributed by atoms with Crippen molar-refractivity contribution >= 4 is 23.1 Å². The lowest BCUT2D eigenvalue weighted by Gasteiger charge is -2.06. The van der Waals surface area contributed by atoms with Crippen LogP contribution in [0.15, 0.2) is 30.6 Å². The standard InChI is InChI=1S/C11H9ClN4O3/c1-13-10-5-14-6-11(15-10)19-7-2-3-9(16(17)18)8(12)4-7/h2-6H,1H3,(H,13,15). The van der Waals surface area contributed by atoms with Crippen molar-refractivity contribution in [3.63, 3.8) is 0 Å². The first-order valence-electron chi connectivity index (χ1n) is 5.21. The number of hydrogen-bond acceptors (Lipinski definition) is 6. The van der Waals surface area contributed by atoms with Crippen LogP contribution in [0.25, 0.3) is 0 Å². The molecule has 0 saturated carbocycles. The number of aromatic nitrogens is 2. The summed E-state index contributed by atoms with van der Waals surface area (Å²) in [6.07, 6.45) is 2.96. The molecule has 0 aliphatic heterocycles. The number of nitro groups is 1. The summed E-state index contributed by atoms with van der Waals surface area (Å²) in [7, 11) is 1.70. The molecule has 0 aliphatic carbocycles. The fraction of sp³-hybridized carbons (Fsp3) is 0.0909. The molecule has 7 nitrogen and oxygen atoms in total. The molecule has 0 amide bonds. The lowest BCUT2D eigenvalue weighted by molar-refractivity contribution is -0.384. The third-order valence-electron chi connectivity index (χ3n) is 2.21. The molecule has 1 aromatic carbocycles. The van der Waals surface area contributed by atoms with Gasteiger partial charge in [-0.05, 0) is 6.07 Å². The lowest BCUT2D eigenvalue weighted by atomic mass is 10.3. The van der Waals surface area contributed by atoms with Gasteiger partial charge in [-0.3, -0.25) is 15.1 Å². The highest BCUT2D eigenvalue weighted by Gasteiger charge is 2.13. The molecule has 98 valence electrons. The van der Waals surface area contributed by atoms with Gasteiger partial charge in [-0.25, -0.2) is 0 Å². The lowest BCUT2D eigenvalue weighted by Crippen LogP contribution is -1.96. The summed E-state index contributed by atoms with van der Waals surface area (Å²) in [5.41, 5.74) is -0.177. The fourth-order valence-electron chi connectivity index (χ4n) is 1.34. The van der Waals surface area contributed by atoms with Gasteiger partial charge in [0.05, 0.1) is 17.3 Å². The minimum absolute atomic E-state index is 0.000213. The molecule has 8 heteroatoms. The Kier molecular flexibility index (Phi) is 3.76. The zero-order valence-corrected chi connectivity index (χ0v) is 10.6. The number of nitro benzene ring substituents is 1. The van der Waals surface area contributed by atoms with Crippen molar-refractivity contribution in [3.8, 4) is 11.6 Å². The number of benzene rings is 1. The minimum Gasteiger partial charge on any atom is -0.437 e. The Morgan fingerprint density at radius 1 is 1.42 bits per heavy atom. The molecular formula is C11H9ClN4O3. The molecule has 1 aromatic heterocycles. The van der Waals surface area contributed by atoms with Gasteiger partial charge in [0.15, 0.2) is 0 Å². The molecule has 0 bridgehead atoms. The third kappa shape index (κ3) is 3.08. The Labute approximate surface area is 113 Å². The van der Waals surface area contributed by atoms with Crippen LogP contribution in [0.2, 0.25) is 5.02 Å². The van der Waals surface area contributed by atoms with E-state index in [4.69, 9.17) is 16.3 Å². The summed E-state index contributed by atoms with van der Waals surface area (Å²) >= 11 is 5.78. The van der Waals surface area contributed by atoms with Crippen LogP contribution in [-0.2, 0) is 0 Å². The first-order valence-corrected chi connectivity index (χ1v) is 5.59. The fourth-order valence-corrected chi connectivity index (χ4v) is 1.58. The number of nitrogens with zero attached hydrogens (tertiary/aromatic N) is 3. The normalized spacial score (nSPS) is 10.0. The smallest absolute Gasteiger partial charge is 0.288 e. The van der Waals surface area contributed by atoms with E-state index in [1.165, 1.54) is 30.6 Å². The van der Waals surface area contributed by atoms with Crippen molar-refractivity contribution in [2.75, 3.05) is 12.4 Å². The maximum absolute atomic E-state index is 10.6. The van der Waals surface area contributed by atoms with E-state index in [1.807, 2.05) is 0 Å². The summed E-state index contributed by atoms with van der Waals surface area (Å²) in [4.78, 5) is 18.1. The first kappa shape index (κ1) is 13.0. The molecule has 0 atom stereocenters. The first-order chi connectivity index (χ1) is 9.10. The van der Waals surface area contributed by atoms with Crippen LogP contribution in [-0.4, -0.2) is 21.9 Å². The Morgan fingerprint density at radius 3 is 2.84 bits per heavy atom. The van der Waals surface area contributed by atoms with Crippen LogP contribution in [0, 0.1) is 10.1 Å². The highest BCUT2D eigenvalue weighted by molar-refractivity contribution is 6.32. The summed E-state index contributed by atoms with van der Waals surface area (Å²) in [5.74, 6) is 1.15. The molecule has 1 N–H and O–H groups in total. The second-order valence-corrected chi connectivity index (χ2v) is 3.87. The van der Waals surface area contributed by atoms with E-state index in [-0.39, 0.29) is 16.6 Å². The van der Waals surface area contributed by atoms with Gasteiger partial charge in [-0.1, -0.05) is 11.6 Å². The van der Waals surface area contributed by atoms with Crippen molar-refractivity contribution < 1.29 is 9.66 Å². The van der Waals surface area contributed by atoms with Crippen LogP contribution in [0.4, 0.5) is 11.5 Å². The Bertz CT molecular complexity index is 621. The molecule has 0 unspecified atom stereocenters. The van der Waals surface area contributed by atoms with Gasteiger partial charge in [0.25, 0.3) is 5.69 Å². The Balaban J connectivity index is 2.23. The summed E-state index contributed by atoms with van der Waals surface area (Å²) in [5, 5.41) is 13.4. The average Bonchev–Trinajstić information content (AvgIpc) is 2.38. The average molecular weight is 281 g/mol. The monoisotopic (exact) mass is 280 g/mol. The maximum atomic E-state index is 10.6. The predicted octanol–water partition coefficient (Wildman–Crippen LogP) is 2.87. The largest absolute Gasteiger partial charge is 0.437 e. The topological polar surface area (TPSA) is 90.2 Å². The number of hydrogen-bond donors (Lipinski definition) is 1. The van der Waals surface area contributed by atoms with Crippen molar-refractivity contribution in [2.45, 2.75) is 0 Å². The van der Waals surface area contributed by atoms with Crippen molar-refractivity contribution in [1.29, 1.82) is 0 Å². The summed E-state index contributed by atoms with van der Waals surface area (Å²) < 4.78 is 5.42. The van der Waals surface area contributed by atoms with Gasteiger partial charge in [0, 0.05) is 19.2 Å². The van der Waals surface area contributed by atoms with Gasteiger partial charge in [-0.2, -0.15) is 4.98 Å². The van der Waals surface area contributed by atoms with E-state index in [2.05, 4.69) is 15.3 Å². The zero-order chi connectivity index (χ0) is 13.8. The number of anilines is 1. The molecule has 2 aromatic rings. The van der Waals surface area contributed by atoms with Gasteiger partial charge < -0.3 is 10.1 Å². The number of halogens is 1. The Hall–Kier alpha value is -2.41. The van der Waals surface area contributed by atoms with E-state index in [1.54, 1.807) is 7.05 Å². The van der Waals surface area contributed by atoms with Crippen LogP contribution in [0.3, 0.4) is 0 Å². The van der Waals surface area contributed by atoms with Gasteiger partial charge >= 0.3 is 0 Å². The molecule has 1 heterocycles. The molecule has 0 aliphatic rings. The SMILES string of the molecule is CNc1cncc(Oc2ccc([N+](=O)[O-])c(Cl)c2)n1. The molecule has 0 radical (unpaired) electrons. The quantitative estimate of drug-likeness (QED) is 0.684. The van der Waals surface area contributed by atoms with Crippen LogP contribution < -0.4 is 10.1 Å². The van der Waals surface area contributed by atoms with Crippen molar-refractivity contribution in [1.82, 2.24) is 9.97 Å². The van der Waals surface area contributed by atoms with Crippen molar-refractivity contribution in [2.24, 2.45) is 0 Å². The zero-order valence-electron chi connectivity index (χ0n) is 9.83. The van der Waals surface area contributed by atoms with Crippen LogP contribution in [0.1, 0.15) is 0 Å². The van der Waals surface area contributed by atoms with E-state index in [0.29, 0.717) is 11.6 Å². The molecule has 0 fully saturated rings. The van der Waals surface area contributed by atoms with E-state index < -0.39 is 4.92 Å². The van der Waals surface area contributed by atoms with Gasteiger partial charge in [0.1, 0.15) is 16.6 Å². The maximum Gasteiger partial charge on any atom is 0.288 e. The highest BCUT2D eigenvalue weighted by Crippen LogP contribution is 2.30. The summed E-state index contributed by atoms with van der Waals surface area (Å²) in [6.45, 7) is 0. The van der Waals surface area contributed by atoms with E-state index in [9.17, 15) is 10.1 Å².